The molecule has 1 saturated heterocycles. The smallest absolute Gasteiger partial charge is 0.326 e. The van der Waals surface area contributed by atoms with Gasteiger partial charge in [-0.2, -0.15) is 0 Å². The summed E-state index contributed by atoms with van der Waals surface area (Å²) in [6.07, 6.45) is 1.71. The van der Waals surface area contributed by atoms with Gasteiger partial charge in [0.25, 0.3) is 0 Å². The van der Waals surface area contributed by atoms with Gasteiger partial charge in [0, 0.05) is 6.61 Å². The zero-order chi connectivity index (χ0) is 14.7. The molecule has 0 aromatic heterocycles. The summed E-state index contributed by atoms with van der Waals surface area (Å²) in [7, 11) is 0. The third kappa shape index (κ3) is 4.70. The summed E-state index contributed by atoms with van der Waals surface area (Å²) in [5.74, 6) is -1.03. The lowest BCUT2D eigenvalue weighted by Crippen LogP contribution is -2.59. The number of nitrogens with one attached hydrogen (secondary N) is 2. The van der Waals surface area contributed by atoms with Crippen molar-refractivity contribution in [3.63, 3.8) is 0 Å². The number of carboxylic acids is 1. The summed E-state index contributed by atoms with van der Waals surface area (Å²) in [5.41, 5.74) is -0.976. The van der Waals surface area contributed by atoms with Crippen LogP contribution in [0.15, 0.2) is 0 Å². The van der Waals surface area contributed by atoms with Gasteiger partial charge in [-0.05, 0) is 25.2 Å². The van der Waals surface area contributed by atoms with Crippen molar-refractivity contribution in [3.05, 3.63) is 0 Å². The maximum atomic E-state index is 11.9. The minimum absolute atomic E-state index is 0.427. The van der Waals surface area contributed by atoms with E-state index >= 15 is 0 Å². The van der Waals surface area contributed by atoms with Crippen LogP contribution in [-0.2, 0) is 9.53 Å². The highest BCUT2D eigenvalue weighted by atomic mass is 16.5. The standard InChI is InChI=1S/C13H24N2O4/c1-12(2,3)9(10(16)17)14-11(18)15-13(4)6-5-7-19-8-13/h9H,5-8H2,1-4H3,(H,16,17)(H2,14,15,18)/t9-,13?/m0/s1. The number of hydrogen-bond donors (Lipinski definition) is 3. The Hall–Kier alpha value is -1.30. The molecule has 1 fully saturated rings. The van der Waals surface area contributed by atoms with E-state index in [-0.39, 0.29) is 0 Å². The summed E-state index contributed by atoms with van der Waals surface area (Å²) in [5, 5.41) is 14.5. The summed E-state index contributed by atoms with van der Waals surface area (Å²) in [6, 6.07) is -1.39. The van der Waals surface area contributed by atoms with Crippen molar-refractivity contribution >= 4 is 12.0 Å². The first-order valence-electron chi connectivity index (χ1n) is 6.53. The Morgan fingerprint density at radius 3 is 2.42 bits per heavy atom. The molecule has 6 heteroatoms. The Labute approximate surface area is 113 Å². The summed E-state index contributed by atoms with van der Waals surface area (Å²) in [4.78, 5) is 23.1. The van der Waals surface area contributed by atoms with E-state index < -0.39 is 29.0 Å². The maximum absolute atomic E-state index is 11.9. The first-order valence-corrected chi connectivity index (χ1v) is 6.53. The molecule has 1 aliphatic heterocycles. The van der Waals surface area contributed by atoms with Crippen molar-refractivity contribution in [1.82, 2.24) is 10.6 Å². The molecule has 1 rings (SSSR count). The second-order valence-electron chi connectivity index (χ2n) is 6.45. The van der Waals surface area contributed by atoms with Crippen LogP contribution in [0.4, 0.5) is 4.79 Å². The number of amides is 2. The molecule has 0 aromatic rings. The molecule has 3 N–H and O–H groups in total. The minimum atomic E-state index is -1.03. The molecule has 19 heavy (non-hydrogen) atoms. The van der Waals surface area contributed by atoms with Crippen molar-refractivity contribution in [2.24, 2.45) is 5.41 Å². The summed E-state index contributed by atoms with van der Waals surface area (Å²) < 4.78 is 5.35. The molecule has 0 radical (unpaired) electrons. The number of hydrogen-bond acceptors (Lipinski definition) is 3. The number of carboxylic acid groups (broad SMARTS) is 1. The third-order valence-corrected chi connectivity index (χ3v) is 3.24. The largest absolute Gasteiger partial charge is 0.480 e. The SMILES string of the molecule is CC1(NC(=O)N[C@@H](C(=O)O)C(C)(C)C)CCCOC1. The van der Waals surface area contributed by atoms with E-state index in [2.05, 4.69) is 10.6 Å². The molecule has 6 nitrogen and oxygen atoms in total. The van der Waals surface area contributed by atoms with Crippen LogP contribution < -0.4 is 10.6 Å². The quantitative estimate of drug-likeness (QED) is 0.723. The average Bonchev–Trinajstić information content (AvgIpc) is 2.24. The van der Waals surface area contributed by atoms with E-state index in [9.17, 15) is 9.59 Å². The van der Waals surface area contributed by atoms with Gasteiger partial charge in [-0.3, -0.25) is 0 Å². The molecule has 2 atom stereocenters. The Balaban J connectivity index is 2.60. The lowest BCUT2D eigenvalue weighted by atomic mass is 9.87. The number of ether oxygens (including phenoxy) is 1. The first-order chi connectivity index (χ1) is 8.64. The van der Waals surface area contributed by atoms with Crippen molar-refractivity contribution in [2.75, 3.05) is 13.2 Å². The highest BCUT2D eigenvalue weighted by molar-refractivity contribution is 5.83. The Kier molecular flexibility index (Phi) is 4.79. The van der Waals surface area contributed by atoms with Gasteiger partial charge in [0.2, 0.25) is 0 Å². The van der Waals surface area contributed by atoms with E-state index in [0.717, 1.165) is 12.8 Å². The van der Waals surface area contributed by atoms with Crippen LogP contribution in [0, 0.1) is 5.41 Å². The van der Waals surface area contributed by atoms with Crippen molar-refractivity contribution in [1.29, 1.82) is 0 Å². The van der Waals surface area contributed by atoms with E-state index in [4.69, 9.17) is 9.84 Å². The number of carbonyl (C=O) groups is 2. The molecule has 2 amide bonds. The van der Waals surface area contributed by atoms with E-state index in [0.29, 0.717) is 13.2 Å². The normalized spacial score (nSPS) is 25.5. The lowest BCUT2D eigenvalue weighted by Gasteiger charge is -2.35. The molecule has 0 spiro atoms. The molecular weight excluding hydrogens is 248 g/mol. The Morgan fingerprint density at radius 1 is 1.37 bits per heavy atom. The third-order valence-electron chi connectivity index (χ3n) is 3.24. The van der Waals surface area contributed by atoms with Gasteiger partial charge in [-0.1, -0.05) is 20.8 Å². The number of rotatable bonds is 3. The zero-order valence-electron chi connectivity index (χ0n) is 12.1. The van der Waals surface area contributed by atoms with E-state index in [1.54, 1.807) is 20.8 Å². The Morgan fingerprint density at radius 2 is 2.00 bits per heavy atom. The van der Waals surface area contributed by atoms with Gasteiger partial charge in [0.15, 0.2) is 0 Å². The fourth-order valence-corrected chi connectivity index (χ4v) is 2.12. The molecule has 1 heterocycles. The highest BCUT2D eigenvalue weighted by Crippen LogP contribution is 2.21. The number of urea groups is 1. The molecule has 0 aliphatic carbocycles. The van der Waals surface area contributed by atoms with Gasteiger partial charge in [-0.25, -0.2) is 9.59 Å². The molecule has 1 unspecified atom stereocenters. The van der Waals surface area contributed by atoms with Crippen molar-refractivity contribution in [3.8, 4) is 0 Å². The van der Waals surface area contributed by atoms with Gasteiger partial charge >= 0.3 is 12.0 Å². The molecule has 1 aliphatic rings. The minimum Gasteiger partial charge on any atom is -0.480 e. The van der Waals surface area contributed by atoms with Crippen LogP contribution in [0.2, 0.25) is 0 Å². The monoisotopic (exact) mass is 272 g/mol. The van der Waals surface area contributed by atoms with Crippen LogP contribution in [0.25, 0.3) is 0 Å². The fraction of sp³-hybridized carbons (Fsp3) is 0.846. The summed E-state index contributed by atoms with van der Waals surface area (Å²) >= 11 is 0. The molecule has 0 saturated carbocycles. The molecular formula is C13H24N2O4. The Bertz CT molecular complexity index is 343. The molecule has 0 bridgehead atoms. The molecule has 110 valence electrons. The van der Waals surface area contributed by atoms with Crippen LogP contribution in [0.5, 0.6) is 0 Å². The second kappa shape index (κ2) is 5.77. The van der Waals surface area contributed by atoms with Crippen LogP contribution in [0.3, 0.4) is 0 Å². The average molecular weight is 272 g/mol. The van der Waals surface area contributed by atoms with Gasteiger partial charge in [0.05, 0.1) is 12.1 Å². The highest BCUT2D eigenvalue weighted by Gasteiger charge is 2.35. The van der Waals surface area contributed by atoms with Crippen LogP contribution in [-0.4, -0.2) is 41.9 Å². The zero-order valence-corrected chi connectivity index (χ0v) is 12.1. The predicted molar refractivity (Wildman–Crippen MR) is 71.0 cm³/mol. The fourth-order valence-electron chi connectivity index (χ4n) is 2.12. The lowest BCUT2D eigenvalue weighted by molar-refractivity contribution is -0.141. The maximum Gasteiger partial charge on any atom is 0.326 e. The van der Waals surface area contributed by atoms with E-state index in [1.165, 1.54) is 0 Å². The topological polar surface area (TPSA) is 87.7 Å². The van der Waals surface area contributed by atoms with Gasteiger partial charge in [0.1, 0.15) is 6.04 Å². The number of aliphatic carboxylic acids is 1. The summed E-state index contributed by atoms with van der Waals surface area (Å²) in [6.45, 7) is 8.39. The van der Waals surface area contributed by atoms with E-state index in [1.807, 2.05) is 6.92 Å². The van der Waals surface area contributed by atoms with Gasteiger partial charge < -0.3 is 20.5 Å². The van der Waals surface area contributed by atoms with Crippen LogP contribution in [0.1, 0.15) is 40.5 Å². The second-order valence-corrected chi connectivity index (χ2v) is 6.45. The van der Waals surface area contributed by atoms with Crippen molar-refractivity contribution < 1.29 is 19.4 Å². The van der Waals surface area contributed by atoms with Crippen molar-refractivity contribution in [2.45, 2.75) is 52.1 Å². The number of carbonyl (C=O) groups excluding carboxylic acids is 1. The van der Waals surface area contributed by atoms with Gasteiger partial charge in [-0.15, -0.1) is 0 Å². The molecule has 0 aromatic carbocycles. The van der Waals surface area contributed by atoms with Crippen LogP contribution >= 0.6 is 0 Å². The first kappa shape index (κ1) is 15.8. The predicted octanol–water partition coefficient (Wildman–Crippen LogP) is 1.35.